The molecule has 2 fully saturated rings. The van der Waals surface area contributed by atoms with Crippen LogP contribution < -0.4 is 16.0 Å². The van der Waals surface area contributed by atoms with Crippen molar-refractivity contribution in [3.8, 4) is 0 Å². The third-order valence-electron chi connectivity index (χ3n) is 5.69. The van der Waals surface area contributed by atoms with Crippen LogP contribution in [0.3, 0.4) is 0 Å². The lowest BCUT2D eigenvalue weighted by Crippen LogP contribution is -2.44. The number of carbonyl (C=O) groups is 1. The van der Waals surface area contributed by atoms with E-state index in [1.165, 1.54) is 18.4 Å². The van der Waals surface area contributed by atoms with Gasteiger partial charge in [0.1, 0.15) is 0 Å². The third-order valence-corrected chi connectivity index (χ3v) is 7.46. The Labute approximate surface area is 179 Å². The Bertz CT molecular complexity index is 822. The molecule has 9 heteroatoms. The topological polar surface area (TPSA) is 103 Å². The molecule has 2 heterocycles. The number of hydrogen-bond donors (Lipinski definition) is 3. The number of nitrogens with one attached hydrogen (secondary N) is 3. The van der Waals surface area contributed by atoms with Crippen LogP contribution in [-0.2, 0) is 14.6 Å². The first-order chi connectivity index (χ1) is 14.5. The van der Waals surface area contributed by atoms with E-state index in [2.05, 4.69) is 50.1 Å². The third kappa shape index (κ3) is 6.70. The summed E-state index contributed by atoms with van der Waals surface area (Å²) in [6.45, 7) is 3.37. The van der Waals surface area contributed by atoms with Crippen molar-refractivity contribution < 1.29 is 13.2 Å². The van der Waals surface area contributed by atoms with Gasteiger partial charge in [0.25, 0.3) is 0 Å². The highest BCUT2D eigenvalue weighted by Gasteiger charge is 2.28. The van der Waals surface area contributed by atoms with Crippen LogP contribution in [0.2, 0.25) is 0 Å². The first kappa shape index (κ1) is 22.6. The summed E-state index contributed by atoms with van der Waals surface area (Å²) in [5.74, 6) is 0.727. The summed E-state index contributed by atoms with van der Waals surface area (Å²) >= 11 is 0. The molecule has 3 N–H and O–H groups in total. The maximum Gasteiger partial charge on any atom is 0.222 e. The van der Waals surface area contributed by atoms with Crippen molar-refractivity contribution in [3.05, 3.63) is 35.9 Å². The number of benzene rings is 1. The van der Waals surface area contributed by atoms with E-state index < -0.39 is 9.84 Å². The molecule has 30 heavy (non-hydrogen) atoms. The summed E-state index contributed by atoms with van der Waals surface area (Å²) < 4.78 is 23.0. The lowest BCUT2D eigenvalue weighted by atomic mass is 10.1. The number of sulfone groups is 1. The molecule has 0 aromatic heterocycles. The molecule has 2 saturated heterocycles. The van der Waals surface area contributed by atoms with Gasteiger partial charge < -0.3 is 16.0 Å². The molecule has 8 nitrogen and oxygen atoms in total. The molecule has 0 bridgehead atoms. The van der Waals surface area contributed by atoms with Gasteiger partial charge in [-0.15, -0.1) is 0 Å². The molecule has 3 rings (SSSR count). The molecule has 0 radical (unpaired) electrons. The smallest absolute Gasteiger partial charge is 0.222 e. The average molecular weight is 436 g/mol. The van der Waals surface area contributed by atoms with Crippen molar-refractivity contribution in [2.24, 2.45) is 4.99 Å². The maximum absolute atomic E-state index is 12.1. The molecule has 2 aliphatic heterocycles. The minimum Gasteiger partial charge on any atom is -0.356 e. The Morgan fingerprint density at radius 1 is 1.20 bits per heavy atom. The van der Waals surface area contributed by atoms with Crippen molar-refractivity contribution in [3.63, 3.8) is 0 Å². The van der Waals surface area contributed by atoms with Crippen LogP contribution in [-0.4, -0.2) is 76.0 Å². The fourth-order valence-corrected chi connectivity index (χ4v) is 5.78. The second kappa shape index (κ2) is 10.8. The standard InChI is InChI=1S/C21H33N5O3S/c1-22-21(23-11-9-20(27)25-18-10-14-30(28,29)16-18)24-15-19(26-12-5-6-13-26)17-7-3-2-4-8-17/h2-4,7-8,18-19H,5-6,9-16H2,1H3,(H,25,27)(H2,22,23,24). The summed E-state index contributed by atoms with van der Waals surface area (Å²) in [6.07, 6.45) is 3.23. The monoisotopic (exact) mass is 435 g/mol. The Morgan fingerprint density at radius 2 is 1.93 bits per heavy atom. The van der Waals surface area contributed by atoms with Crippen LogP contribution in [0.25, 0.3) is 0 Å². The molecule has 2 unspecified atom stereocenters. The van der Waals surface area contributed by atoms with Gasteiger partial charge in [-0.1, -0.05) is 30.3 Å². The highest BCUT2D eigenvalue weighted by molar-refractivity contribution is 7.91. The van der Waals surface area contributed by atoms with Gasteiger partial charge in [-0.3, -0.25) is 14.7 Å². The average Bonchev–Trinajstić information content (AvgIpc) is 3.37. The molecule has 166 valence electrons. The predicted molar refractivity (Wildman–Crippen MR) is 119 cm³/mol. The normalized spacial score (nSPS) is 22.6. The van der Waals surface area contributed by atoms with Gasteiger partial charge in [-0.25, -0.2) is 8.42 Å². The number of nitrogens with zero attached hydrogens (tertiary/aromatic N) is 2. The van der Waals surface area contributed by atoms with Crippen LogP contribution >= 0.6 is 0 Å². The largest absolute Gasteiger partial charge is 0.356 e. The van der Waals surface area contributed by atoms with E-state index in [0.29, 0.717) is 18.9 Å². The van der Waals surface area contributed by atoms with Crippen molar-refractivity contribution in [1.29, 1.82) is 0 Å². The van der Waals surface area contributed by atoms with E-state index in [9.17, 15) is 13.2 Å². The zero-order chi connectivity index (χ0) is 21.4. The van der Waals surface area contributed by atoms with Crippen LogP contribution in [0.5, 0.6) is 0 Å². The molecule has 1 aromatic carbocycles. The minimum atomic E-state index is -2.99. The first-order valence-corrected chi connectivity index (χ1v) is 12.5. The summed E-state index contributed by atoms with van der Waals surface area (Å²) in [5, 5.41) is 9.38. The van der Waals surface area contributed by atoms with E-state index in [0.717, 1.165) is 19.6 Å². The fraction of sp³-hybridized carbons (Fsp3) is 0.619. The van der Waals surface area contributed by atoms with E-state index in [1.807, 2.05) is 6.07 Å². The zero-order valence-corrected chi connectivity index (χ0v) is 18.5. The maximum atomic E-state index is 12.1. The van der Waals surface area contributed by atoms with Crippen LogP contribution in [0, 0.1) is 0 Å². The van der Waals surface area contributed by atoms with E-state index in [4.69, 9.17) is 0 Å². The Balaban J connectivity index is 1.43. The number of aliphatic imine (C=N–C) groups is 1. The fourth-order valence-electron chi connectivity index (χ4n) is 4.10. The number of carbonyl (C=O) groups excluding carboxylic acids is 1. The quantitative estimate of drug-likeness (QED) is 0.410. The van der Waals surface area contributed by atoms with E-state index in [1.54, 1.807) is 7.05 Å². The van der Waals surface area contributed by atoms with Crippen molar-refractivity contribution in [2.75, 3.05) is 44.7 Å². The van der Waals surface area contributed by atoms with Crippen LogP contribution in [0.4, 0.5) is 0 Å². The van der Waals surface area contributed by atoms with Crippen molar-refractivity contribution in [2.45, 2.75) is 37.8 Å². The summed E-state index contributed by atoms with van der Waals surface area (Å²) in [7, 11) is -1.27. The van der Waals surface area contributed by atoms with Gasteiger partial charge in [-0.2, -0.15) is 0 Å². The SMILES string of the molecule is CN=C(NCCC(=O)NC1CCS(=O)(=O)C1)NCC(c1ccccc1)N1CCCC1. The van der Waals surface area contributed by atoms with E-state index in [-0.39, 0.29) is 35.9 Å². The highest BCUT2D eigenvalue weighted by atomic mass is 32.2. The van der Waals surface area contributed by atoms with Gasteiger partial charge in [0, 0.05) is 32.6 Å². The molecule has 2 aliphatic rings. The number of guanidine groups is 1. The molecule has 0 saturated carbocycles. The van der Waals surface area contributed by atoms with Crippen molar-refractivity contribution >= 4 is 21.7 Å². The summed E-state index contributed by atoms with van der Waals surface area (Å²) in [5.41, 5.74) is 1.29. The summed E-state index contributed by atoms with van der Waals surface area (Å²) in [4.78, 5) is 18.9. The summed E-state index contributed by atoms with van der Waals surface area (Å²) in [6, 6.07) is 10.5. The molecule has 0 spiro atoms. The van der Waals surface area contributed by atoms with Gasteiger partial charge in [0.2, 0.25) is 5.91 Å². The van der Waals surface area contributed by atoms with Crippen molar-refractivity contribution in [1.82, 2.24) is 20.9 Å². The number of likely N-dealkylation sites (tertiary alicyclic amines) is 1. The van der Waals surface area contributed by atoms with E-state index >= 15 is 0 Å². The Hall–Kier alpha value is -2.13. The van der Waals surface area contributed by atoms with Gasteiger partial charge in [0.05, 0.1) is 17.5 Å². The van der Waals surface area contributed by atoms with Gasteiger partial charge >= 0.3 is 0 Å². The number of hydrogen-bond acceptors (Lipinski definition) is 5. The highest BCUT2D eigenvalue weighted by Crippen LogP contribution is 2.24. The van der Waals surface area contributed by atoms with Gasteiger partial charge in [0.15, 0.2) is 15.8 Å². The number of amides is 1. The molecule has 1 aromatic rings. The Morgan fingerprint density at radius 3 is 2.57 bits per heavy atom. The zero-order valence-electron chi connectivity index (χ0n) is 17.6. The lowest BCUT2D eigenvalue weighted by Gasteiger charge is -2.29. The molecule has 1 amide bonds. The molecular weight excluding hydrogens is 402 g/mol. The predicted octanol–water partition coefficient (Wildman–Crippen LogP) is 0.682. The Kier molecular flexibility index (Phi) is 8.09. The van der Waals surface area contributed by atoms with Crippen LogP contribution in [0.15, 0.2) is 35.3 Å². The number of rotatable bonds is 8. The second-order valence-electron chi connectivity index (χ2n) is 7.97. The van der Waals surface area contributed by atoms with Gasteiger partial charge in [-0.05, 0) is 37.9 Å². The molecule has 0 aliphatic carbocycles. The molecule has 2 atom stereocenters. The first-order valence-electron chi connectivity index (χ1n) is 10.7. The molecular formula is C21H33N5O3S. The van der Waals surface area contributed by atoms with Crippen LogP contribution in [0.1, 0.15) is 37.3 Å². The second-order valence-corrected chi connectivity index (χ2v) is 10.2. The minimum absolute atomic E-state index is 0.0484. The lowest BCUT2D eigenvalue weighted by molar-refractivity contribution is -0.121.